The van der Waals surface area contributed by atoms with Crippen molar-refractivity contribution in [1.29, 1.82) is 0 Å². The average molecular weight is 226 g/mol. The summed E-state index contributed by atoms with van der Waals surface area (Å²) >= 11 is 5.81. The van der Waals surface area contributed by atoms with E-state index in [9.17, 15) is 0 Å². The Morgan fingerprint density at radius 1 is 1.07 bits per heavy atom. The average Bonchev–Trinajstić information content (AvgIpc) is 2.26. The molecule has 0 fully saturated rings. The molecule has 0 aliphatic heterocycles. The molecule has 0 aliphatic rings. The Labute approximate surface area is 97.8 Å². The molecule has 1 aromatic carbocycles. The van der Waals surface area contributed by atoms with Crippen molar-refractivity contribution >= 4 is 11.6 Å². The Morgan fingerprint density at radius 2 is 1.80 bits per heavy atom. The van der Waals surface area contributed by atoms with Crippen LogP contribution in [0.2, 0.25) is 5.02 Å². The van der Waals surface area contributed by atoms with Crippen molar-refractivity contribution in [2.45, 2.75) is 32.6 Å². The fourth-order valence-electron chi connectivity index (χ4n) is 1.51. The van der Waals surface area contributed by atoms with Crippen LogP contribution in [0.15, 0.2) is 24.3 Å². The van der Waals surface area contributed by atoms with Crippen LogP contribution in [0, 0.1) is 0 Å². The fraction of sp³-hybridized carbons (Fsp3) is 0.538. The third kappa shape index (κ3) is 5.81. The van der Waals surface area contributed by atoms with Gasteiger partial charge in [-0.3, -0.25) is 0 Å². The zero-order valence-corrected chi connectivity index (χ0v) is 10.2. The monoisotopic (exact) mass is 225 g/mol. The minimum atomic E-state index is 0.814. The highest BCUT2D eigenvalue weighted by molar-refractivity contribution is 6.30. The van der Waals surface area contributed by atoms with Gasteiger partial charge in [-0.15, -0.1) is 0 Å². The Bertz CT molecular complexity index is 256. The van der Waals surface area contributed by atoms with E-state index in [0.717, 1.165) is 24.5 Å². The summed E-state index contributed by atoms with van der Waals surface area (Å²) in [5, 5.41) is 4.26. The minimum absolute atomic E-state index is 0.814. The summed E-state index contributed by atoms with van der Waals surface area (Å²) in [7, 11) is 0. The molecule has 0 unspecified atom stereocenters. The van der Waals surface area contributed by atoms with Crippen LogP contribution in [-0.2, 0) is 6.42 Å². The van der Waals surface area contributed by atoms with Gasteiger partial charge in [0.1, 0.15) is 0 Å². The maximum atomic E-state index is 5.81. The number of hydrogen-bond acceptors (Lipinski definition) is 1. The standard InChI is InChI=1S/C13H20ClN/c1-2-3-4-10-15-11-9-12-5-7-13(14)8-6-12/h5-8,15H,2-4,9-11H2,1H3. The van der Waals surface area contributed by atoms with Crippen molar-refractivity contribution in [1.82, 2.24) is 5.32 Å². The van der Waals surface area contributed by atoms with E-state index in [1.54, 1.807) is 0 Å². The Kier molecular flexibility index (Phi) is 6.45. The van der Waals surface area contributed by atoms with Crippen molar-refractivity contribution in [2.24, 2.45) is 0 Å². The van der Waals surface area contributed by atoms with Crippen LogP contribution >= 0.6 is 11.6 Å². The topological polar surface area (TPSA) is 12.0 Å². The van der Waals surface area contributed by atoms with E-state index in [0.29, 0.717) is 0 Å². The highest BCUT2D eigenvalue weighted by Crippen LogP contribution is 2.09. The highest BCUT2D eigenvalue weighted by atomic mass is 35.5. The van der Waals surface area contributed by atoms with Gasteiger partial charge in [0.15, 0.2) is 0 Å². The molecule has 0 spiro atoms. The van der Waals surface area contributed by atoms with Gasteiger partial charge < -0.3 is 5.32 Å². The number of hydrogen-bond donors (Lipinski definition) is 1. The summed E-state index contributed by atoms with van der Waals surface area (Å²) in [6.07, 6.45) is 4.99. The van der Waals surface area contributed by atoms with Gasteiger partial charge >= 0.3 is 0 Å². The molecule has 2 heteroatoms. The third-order valence-electron chi connectivity index (χ3n) is 2.46. The van der Waals surface area contributed by atoms with E-state index in [4.69, 9.17) is 11.6 Å². The van der Waals surface area contributed by atoms with E-state index >= 15 is 0 Å². The first-order valence-electron chi connectivity index (χ1n) is 5.78. The number of benzene rings is 1. The second kappa shape index (κ2) is 7.72. The Hall–Kier alpha value is -0.530. The molecule has 0 atom stereocenters. The van der Waals surface area contributed by atoms with Crippen molar-refractivity contribution < 1.29 is 0 Å². The van der Waals surface area contributed by atoms with Crippen molar-refractivity contribution in [3.63, 3.8) is 0 Å². The van der Waals surface area contributed by atoms with Crippen molar-refractivity contribution in [3.8, 4) is 0 Å². The zero-order chi connectivity index (χ0) is 10.9. The molecule has 1 N–H and O–H groups in total. The SMILES string of the molecule is CCCCCNCCc1ccc(Cl)cc1. The first-order chi connectivity index (χ1) is 7.33. The summed E-state index contributed by atoms with van der Waals surface area (Å²) in [6, 6.07) is 8.09. The van der Waals surface area contributed by atoms with Crippen LogP contribution in [0.25, 0.3) is 0 Å². The summed E-state index contributed by atoms with van der Waals surface area (Å²) in [6.45, 7) is 4.43. The Morgan fingerprint density at radius 3 is 2.47 bits per heavy atom. The third-order valence-corrected chi connectivity index (χ3v) is 2.71. The predicted molar refractivity (Wildman–Crippen MR) is 67.6 cm³/mol. The van der Waals surface area contributed by atoms with Crippen LogP contribution in [0.5, 0.6) is 0 Å². The molecule has 1 aromatic rings. The van der Waals surface area contributed by atoms with Crippen molar-refractivity contribution in [2.75, 3.05) is 13.1 Å². The van der Waals surface area contributed by atoms with Crippen LogP contribution in [0.1, 0.15) is 31.7 Å². The first kappa shape index (κ1) is 12.5. The number of unbranched alkanes of at least 4 members (excludes halogenated alkanes) is 2. The quantitative estimate of drug-likeness (QED) is 0.699. The second-order valence-electron chi connectivity index (χ2n) is 3.83. The molecule has 0 bridgehead atoms. The van der Waals surface area contributed by atoms with Gasteiger partial charge in [0.05, 0.1) is 0 Å². The maximum Gasteiger partial charge on any atom is 0.0406 e. The lowest BCUT2D eigenvalue weighted by Crippen LogP contribution is -2.18. The van der Waals surface area contributed by atoms with Crippen LogP contribution in [-0.4, -0.2) is 13.1 Å². The molecular formula is C13H20ClN. The normalized spacial score (nSPS) is 10.5. The molecule has 0 radical (unpaired) electrons. The molecule has 0 aliphatic carbocycles. The smallest absolute Gasteiger partial charge is 0.0406 e. The lowest BCUT2D eigenvalue weighted by Gasteiger charge is -2.04. The highest BCUT2D eigenvalue weighted by Gasteiger charge is 1.93. The number of halogens is 1. The van der Waals surface area contributed by atoms with Gasteiger partial charge in [-0.25, -0.2) is 0 Å². The number of rotatable bonds is 7. The summed E-state index contributed by atoms with van der Waals surface area (Å²) in [5.74, 6) is 0. The summed E-state index contributed by atoms with van der Waals surface area (Å²) in [5.41, 5.74) is 1.35. The zero-order valence-electron chi connectivity index (χ0n) is 9.43. The minimum Gasteiger partial charge on any atom is -0.316 e. The summed E-state index contributed by atoms with van der Waals surface area (Å²) in [4.78, 5) is 0. The maximum absolute atomic E-state index is 5.81. The van der Waals surface area contributed by atoms with E-state index < -0.39 is 0 Å². The van der Waals surface area contributed by atoms with Crippen LogP contribution < -0.4 is 5.32 Å². The van der Waals surface area contributed by atoms with Gasteiger partial charge in [0.25, 0.3) is 0 Å². The molecule has 0 amide bonds. The predicted octanol–water partition coefficient (Wildman–Crippen LogP) is 3.66. The van der Waals surface area contributed by atoms with Gasteiger partial charge in [-0.2, -0.15) is 0 Å². The molecule has 0 saturated carbocycles. The Balaban J connectivity index is 2.07. The molecule has 84 valence electrons. The van der Waals surface area contributed by atoms with Gasteiger partial charge in [-0.05, 0) is 43.6 Å². The number of nitrogens with one attached hydrogen (secondary N) is 1. The molecule has 0 heterocycles. The van der Waals surface area contributed by atoms with Gasteiger partial charge in [0.2, 0.25) is 0 Å². The van der Waals surface area contributed by atoms with Crippen LogP contribution in [0.3, 0.4) is 0 Å². The first-order valence-corrected chi connectivity index (χ1v) is 6.16. The van der Waals surface area contributed by atoms with E-state index in [1.165, 1.54) is 24.8 Å². The second-order valence-corrected chi connectivity index (χ2v) is 4.27. The van der Waals surface area contributed by atoms with Crippen LogP contribution in [0.4, 0.5) is 0 Å². The molecule has 15 heavy (non-hydrogen) atoms. The van der Waals surface area contributed by atoms with E-state index in [-0.39, 0.29) is 0 Å². The van der Waals surface area contributed by atoms with Gasteiger partial charge in [-0.1, -0.05) is 43.5 Å². The molecule has 1 rings (SSSR count). The van der Waals surface area contributed by atoms with Gasteiger partial charge in [0, 0.05) is 5.02 Å². The lowest BCUT2D eigenvalue weighted by molar-refractivity contribution is 0.617. The summed E-state index contributed by atoms with van der Waals surface area (Å²) < 4.78 is 0. The van der Waals surface area contributed by atoms with E-state index in [2.05, 4.69) is 24.4 Å². The molecule has 1 nitrogen and oxygen atoms in total. The molecular weight excluding hydrogens is 206 g/mol. The fourth-order valence-corrected chi connectivity index (χ4v) is 1.63. The largest absolute Gasteiger partial charge is 0.316 e. The lowest BCUT2D eigenvalue weighted by atomic mass is 10.1. The molecule has 0 saturated heterocycles. The molecule has 0 aromatic heterocycles. The van der Waals surface area contributed by atoms with Crippen molar-refractivity contribution in [3.05, 3.63) is 34.9 Å². The van der Waals surface area contributed by atoms with E-state index in [1.807, 2.05) is 12.1 Å².